The Hall–Kier alpha value is -2.08. The topological polar surface area (TPSA) is 64.3 Å². The molecule has 0 aliphatic carbocycles. The number of thiophene rings is 1. The Bertz CT molecular complexity index is 772. The second-order valence-electron chi connectivity index (χ2n) is 3.96. The van der Waals surface area contributed by atoms with E-state index in [1.807, 2.05) is 17.7 Å². The second-order valence-corrected chi connectivity index (χ2v) is 5.04. The van der Waals surface area contributed by atoms with Crippen LogP contribution in [0, 0.1) is 0 Å². The van der Waals surface area contributed by atoms with Crippen LogP contribution in [0.15, 0.2) is 18.5 Å². The van der Waals surface area contributed by atoms with E-state index < -0.39 is 5.97 Å². The summed E-state index contributed by atoms with van der Waals surface area (Å²) in [7, 11) is 3.48. The lowest BCUT2D eigenvalue weighted by Gasteiger charge is -2.04. The van der Waals surface area contributed by atoms with Gasteiger partial charge in [0.2, 0.25) is 0 Å². The summed E-state index contributed by atoms with van der Waals surface area (Å²) in [6, 6.07) is 3.52. The van der Waals surface area contributed by atoms with Crippen LogP contribution in [-0.4, -0.2) is 27.7 Å². The summed E-state index contributed by atoms with van der Waals surface area (Å²) in [4.78, 5) is 15.7. The molecule has 18 heavy (non-hydrogen) atoms. The first-order valence-corrected chi connectivity index (χ1v) is 6.08. The van der Waals surface area contributed by atoms with Gasteiger partial charge in [0.05, 0.1) is 13.4 Å². The Kier molecular flexibility index (Phi) is 2.27. The van der Waals surface area contributed by atoms with Crippen LogP contribution in [0.3, 0.4) is 0 Å². The Morgan fingerprint density at radius 3 is 2.94 bits per heavy atom. The van der Waals surface area contributed by atoms with E-state index in [0.29, 0.717) is 10.6 Å². The van der Waals surface area contributed by atoms with E-state index >= 15 is 0 Å². The molecule has 0 saturated carbocycles. The van der Waals surface area contributed by atoms with Gasteiger partial charge in [0.1, 0.15) is 21.7 Å². The van der Waals surface area contributed by atoms with Crippen molar-refractivity contribution in [1.82, 2.24) is 9.55 Å². The zero-order chi connectivity index (χ0) is 12.9. The highest BCUT2D eigenvalue weighted by Crippen LogP contribution is 2.36. The molecule has 0 radical (unpaired) electrons. The number of fused-ring (bicyclic) bond motifs is 3. The van der Waals surface area contributed by atoms with E-state index in [9.17, 15) is 4.79 Å². The normalized spacial score (nSPS) is 11.2. The quantitative estimate of drug-likeness (QED) is 0.770. The Morgan fingerprint density at radius 1 is 1.50 bits per heavy atom. The van der Waals surface area contributed by atoms with Crippen LogP contribution in [0.25, 0.3) is 21.1 Å². The molecule has 0 aliphatic heterocycles. The van der Waals surface area contributed by atoms with Gasteiger partial charge in [0.25, 0.3) is 0 Å². The van der Waals surface area contributed by atoms with Crippen molar-refractivity contribution in [2.24, 2.45) is 7.05 Å². The first kappa shape index (κ1) is 11.0. The lowest BCUT2D eigenvalue weighted by Crippen LogP contribution is -1.90. The first-order valence-electron chi connectivity index (χ1n) is 5.26. The molecule has 0 saturated heterocycles. The maximum atomic E-state index is 11.0. The number of rotatable bonds is 2. The molecular weight excluding hydrogens is 252 g/mol. The van der Waals surface area contributed by atoms with Crippen LogP contribution in [0.4, 0.5) is 0 Å². The minimum absolute atomic E-state index is 0.310. The van der Waals surface area contributed by atoms with E-state index in [2.05, 4.69) is 4.98 Å². The van der Waals surface area contributed by atoms with E-state index in [-0.39, 0.29) is 0 Å². The number of aryl methyl sites for hydroxylation is 1. The fraction of sp³-hybridized carbons (Fsp3) is 0.167. The average Bonchev–Trinajstić information content (AvgIpc) is 2.92. The highest BCUT2D eigenvalue weighted by Gasteiger charge is 2.16. The van der Waals surface area contributed by atoms with Gasteiger partial charge in [-0.3, -0.25) is 0 Å². The lowest BCUT2D eigenvalue weighted by molar-refractivity contribution is 0.0702. The molecule has 1 aromatic carbocycles. The van der Waals surface area contributed by atoms with Crippen molar-refractivity contribution >= 4 is 38.4 Å². The monoisotopic (exact) mass is 262 g/mol. The molecule has 0 aliphatic rings. The van der Waals surface area contributed by atoms with Gasteiger partial charge in [-0.2, -0.15) is 0 Å². The third kappa shape index (κ3) is 1.39. The average molecular weight is 262 g/mol. The number of imidazole rings is 1. The molecule has 1 N–H and O–H groups in total. The van der Waals surface area contributed by atoms with Gasteiger partial charge in [0, 0.05) is 23.2 Å². The Labute approximate surface area is 106 Å². The standard InChI is InChI=1S/C12H10N2O3S/c1-14-5-13-10-6-3-9(12(15)16)18-8(6)4-7(17-2)11(10)14/h3-5H,1-2H3,(H,15,16). The van der Waals surface area contributed by atoms with Crippen LogP contribution < -0.4 is 4.74 Å². The van der Waals surface area contributed by atoms with Gasteiger partial charge in [-0.1, -0.05) is 0 Å². The molecule has 0 atom stereocenters. The summed E-state index contributed by atoms with van der Waals surface area (Å²) in [5, 5.41) is 9.90. The second kappa shape index (κ2) is 3.71. The molecule has 6 heteroatoms. The summed E-state index contributed by atoms with van der Waals surface area (Å²) in [5.74, 6) is -0.212. The molecule has 0 spiro atoms. The van der Waals surface area contributed by atoms with Crippen molar-refractivity contribution in [1.29, 1.82) is 0 Å². The molecule has 3 aromatic rings. The number of nitrogens with zero attached hydrogens (tertiary/aromatic N) is 2. The van der Waals surface area contributed by atoms with Crippen LogP contribution in [0.1, 0.15) is 9.67 Å². The number of hydrogen-bond acceptors (Lipinski definition) is 4. The van der Waals surface area contributed by atoms with Crippen molar-refractivity contribution in [2.75, 3.05) is 7.11 Å². The molecular formula is C12H10N2O3S. The minimum atomic E-state index is -0.917. The summed E-state index contributed by atoms with van der Waals surface area (Å²) in [5.41, 5.74) is 1.65. The number of methoxy groups -OCH3 is 1. The Balaban J connectivity index is 2.48. The maximum Gasteiger partial charge on any atom is 0.345 e. The van der Waals surface area contributed by atoms with E-state index in [0.717, 1.165) is 21.1 Å². The summed E-state index contributed by atoms with van der Waals surface area (Å²) >= 11 is 1.23. The van der Waals surface area contributed by atoms with Crippen LogP contribution in [0.2, 0.25) is 0 Å². The minimum Gasteiger partial charge on any atom is -0.494 e. The molecule has 3 rings (SSSR count). The molecule has 0 fully saturated rings. The Morgan fingerprint density at radius 2 is 2.28 bits per heavy atom. The smallest absolute Gasteiger partial charge is 0.345 e. The SMILES string of the molecule is COc1cc2sc(C(=O)O)cc2c2ncn(C)c12. The van der Waals surface area contributed by atoms with E-state index in [1.54, 1.807) is 19.5 Å². The predicted molar refractivity (Wildman–Crippen MR) is 69.6 cm³/mol. The predicted octanol–water partition coefficient (Wildman–Crippen LogP) is 2.49. The third-order valence-corrected chi connectivity index (χ3v) is 3.95. The van der Waals surface area contributed by atoms with Gasteiger partial charge in [-0.25, -0.2) is 9.78 Å². The van der Waals surface area contributed by atoms with Crippen molar-refractivity contribution in [3.05, 3.63) is 23.3 Å². The molecule has 5 nitrogen and oxygen atoms in total. The molecule has 0 bridgehead atoms. The number of aromatic nitrogens is 2. The molecule has 0 unspecified atom stereocenters. The van der Waals surface area contributed by atoms with Crippen LogP contribution in [0.5, 0.6) is 5.75 Å². The van der Waals surface area contributed by atoms with Crippen molar-refractivity contribution in [3.8, 4) is 5.75 Å². The molecule has 2 heterocycles. The highest BCUT2D eigenvalue weighted by molar-refractivity contribution is 7.20. The van der Waals surface area contributed by atoms with E-state index in [1.165, 1.54) is 11.3 Å². The van der Waals surface area contributed by atoms with Crippen LogP contribution >= 0.6 is 11.3 Å². The fourth-order valence-corrected chi connectivity index (χ4v) is 3.00. The number of benzene rings is 1. The van der Waals surface area contributed by atoms with E-state index in [4.69, 9.17) is 9.84 Å². The van der Waals surface area contributed by atoms with Gasteiger partial charge >= 0.3 is 5.97 Å². The van der Waals surface area contributed by atoms with Gasteiger partial charge in [-0.05, 0) is 6.07 Å². The van der Waals surface area contributed by atoms with Gasteiger partial charge < -0.3 is 14.4 Å². The zero-order valence-corrected chi connectivity index (χ0v) is 10.6. The number of carboxylic acids is 1. The summed E-state index contributed by atoms with van der Waals surface area (Å²) < 4.78 is 8.08. The lowest BCUT2D eigenvalue weighted by atomic mass is 10.2. The molecule has 2 aromatic heterocycles. The highest BCUT2D eigenvalue weighted by atomic mass is 32.1. The fourth-order valence-electron chi connectivity index (χ4n) is 2.06. The van der Waals surface area contributed by atoms with Crippen molar-refractivity contribution in [3.63, 3.8) is 0 Å². The maximum absolute atomic E-state index is 11.0. The number of ether oxygens (including phenoxy) is 1. The third-order valence-electron chi connectivity index (χ3n) is 2.88. The van der Waals surface area contributed by atoms with Gasteiger partial charge in [-0.15, -0.1) is 11.3 Å². The number of carboxylic acid groups (broad SMARTS) is 1. The van der Waals surface area contributed by atoms with Crippen molar-refractivity contribution < 1.29 is 14.6 Å². The molecule has 92 valence electrons. The zero-order valence-electron chi connectivity index (χ0n) is 9.80. The largest absolute Gasteiger partial charge is 0.494 e. The molecule has 0 amide bonds. The van der Waals surface area contributed by atoms with Crippen molar-refractivity contribution in [2.45, 2.75) is 0 Å². The van der Waals surface area contributed by atoms with Crippen LogP contribution in [-0.2, 0) is 7.05 Å². The number of aromatic carboxylic acids is 1. The number of carbonyl (C=O) groups is 1. The number of hydrogen-bond donors (Lipinski definition) is 1. The first-order chi connectivity index (χ1) is 8.61. The van der Waals surface area contributed by atoms with Gasteiger partial charge in [0.15, 0.2) is 0 Å². The summed E-state index contributed by atoms with van der Waals surface area (Å²) in [6.07, 6.45) is 1.70. The summed E-state index contributed by atoms with van der Waals surface area (Å²) in [6.45, 7) is 0.